The van der Waals surface area contributed by atoms with E-state index in [2.05, 4.69) is 9.97 Å². The number of rotatable bonds is 2. The Hall–Kier alpha value is -2.55. The second kappa shape index (κ2) is 4.61. The first kappa shape index (κ1) is 11.5. The van der Waals surface area contributed by atoms with Crippen molar-refractivity contribution in [3.05, 3.63) is 71.7 Å². The Morgan fingerprint density at radius 3 is 2.84 bits per heavy atom. The highest BCUT2D eigenvalue weighted by Crippen LogP contribution is 2.19. The van der Waals surface area contributed by atoms with E-state index < -0.39 is 0 Å². The standard InChI is InChI=1S/C16H12N2O/c1-11-8-12(10-17-9-11)16(19)14-4-2-6-15-13(14)5-3-7-18-15/h2-10H,1H3. The molecular weight excluding hydrogens is 236 g/mol. The topological polar surface area (TPSA) is 42.9 Å². The summed E-state index contributed by atoms with van der Waals surface area (Å²) in [4.78, 5) is 20.9. The number of hydrogen-bond donors (Lipinski definition) is 0. The zero-order chi connectivity index (χ0) is 13.2. The summed E-state index contributed by atoms with van der Waals surface area (Å²) in [5, 5.41) is 0.872. The molecule has 0 unspecified atom stereocenters. The molecular formula is C16H12N2O. The molecule has 0 fully saturated rings. The van der Waals surface area contributed by atoms with Crippen molar-refractivity contribution in [3.8, 4) is 0 Å². The van der Waals surface area contributed by atoms with Gasteiger partial charge in [-0.2, -0.15) is 0 Å². The molecule has 0 spiro atoms. The molecule has 0 atom stereocenters. The van der Waals surface area contributed by atoms with Crippen LogP contribution in [0.2, 0.25) is 0 Å². The van der Waals surface area contributed by atoms with Crippen LogP contribution in [0.1, 0.15) is 21.5 Å². The van der Waals surface area contributed by atoms with Crippen LogP contribution in [-0.4, -0.2) is 15.8 Å². The first-order valence-corrected chi connectivity index (χ1v) is 6.06. The van der Waals surface area contributed by atoms with Crippen LogP contribution in [-0.2, 0) is 0 Å². The Kier molecular flexibility index (Phi) is 2.80. The van der Waals surface area contributed by atoms with Crippen LogP contribution in [0.15, 0.2) is 55.0 Å². The first-order chi connectivity index (χ1) is 9.25. The summed E-state index contributed by atoms with van der Waals surface area (Å²) in [5.41, 5.74) is 3.08. The first-order valence-electron chi connectivity index (χ1n) is 6.06. The fourth-order valence-electron chi connectivity index (χ4n) is 2.14. The Balaban J connectivity index is 2.17. The number of nitrogens with zero attached hydrogens (tertiary/aromatic N) is 2. The molecule has 0 aliphatic carbocycles. The Morgan fingerprint density at radius 1 is 1.11 bits per heavy atom. The molecule has 3 nitrogen and oxygen atoms in total. The smallest absolute Gasteiger partial charge is 0.195 e. The molecule has 0 saturated heterocycles. The van der Waals surface area contributed by atoms with E-state index in [1.54, 1.807) is 18.6 Å². The van der Waals surface area contributed by atoms with Crippen molar-refractivity contribution in [2.45, 2.75) is 6.92 Å². The number of hydrogen-bond acceptors (Lipinski definition) is 3. The fraction of sp³-hybridized carbons (Fsp3) is 0.0625. The van der Waals surface area contributed by atoms with Crippen molar-refractivity contribution in [1.29, 1.82) is 0 Å². The van der Waals surface area contributed by atoms with Crippen LogP contribution in [0.3, 0.4) is 0 Å². The summed E-state index contributed by atoms with van der Waals surface area (Å²) in [6.07, 6.45) is 5.07. The van der Waals surface area contributed by atoms with E-state index >= 15 is 0 Å². The fourth-order valence-corrected chi connectivity index (χ4v) is 2.14. The van der Waals surface area contributed by atoms with Gasteiger partial charge in [0.05, 0.1) is 5.52 Å². The molecule has 19 heavy (non-hydrogen) atoms. The van der Waals surface area contributed by atoms with E-state index in [9.17, 15) is 4.79 Å². The summed E-state index contributed by atoms with van der Waals surface area (Å²) in [6.45, 7) is 1.93. The van der Waals surface area contributed by atoms with Crippen molar-refractivity contribution >= 4 is 16.7 Å². The van der Waals surface area contributed by atoms with Crippen molar-refractivity contribution in [1.82, 2.24) is 9.97 Å². The maximum atomic E-state index is 12.5. The van der Waals surface area contributed by atoms with Gasteiger partial charge in [-0.25, -0.2) is 0 Å². The van der Waals surface area contributed by atoms with Crippen LogP contribution >= 0.6 is 0 Å². The van der Waals surface area contributed by atoms with Crippen LogP contribution < -0.4 is 0 Å². The summed E-state index contributed by atoms with van der Waals surface area (Å²) >= 11 is 0. The number of aryl methyl sites for hydroxylation is 1. The third-order valence-corrected chi connectivity index (χ3v) is 3.03. The lowest BCUT2D eigenvalue weighted by Gasteiger charge is -2.05. The van der Waals surface area contributed by atoms with Gasteiger partial charge in [-0.1, -0.05) is 18.2 Å². The van der Waals surface area contributed by atoms with Crippen LogP contribution in [0.5, 0.6) is 0 Å². The molecule has 0 radical (unpaired) electrons. The van der Waals surface area contributed by atoms with Gasteiger partial charge in [-0.05, 0) is 30.7 Å². The Bertz CT molecular complexity index is 760. The van der Waals surface area contributed by atoms with Crippen LogP contribution in [0.4, 0.5) is 0 Å². The van der Waals surface area contributed by atoms with Crippen molar-refractivity contribution in [3.63, 3.8) is 0 Å². The minimum Gasteiger partial charge on any atom is -0.289 e. The molecule has 3 aromatic rings. The second-order valence-corrected chi connectivity index (χ2v) is 4.46. The zero-order valence-corrected chi connectivity index (χ0v) is 10.5. The van der Waals surface area contributed by atoms with Gasteiger partial charge in [0.1, 0.15) is 0 Å². The highest BCUT2D eigenvalue weighted by atomic mass is 16.1. The van der Waals surface area contributed by atoms with Crippen LogP contribution in [0.25, 0.3) is 10.9 Å². The lowest BCUT2D eigenvalue weighted by molar-refractivity contribution is 0.104. The van der Waals surface area contributed by atoms with E-state index in [0.717, 1.165) is 16.5 Å². The monoisotopic (exact) mass is 248 g/mol. The third-order valence-electron chi connectivity index (χ3n) is 3.03. The Labute approximate surface area is 111 Å². The Morgan fingerprint density at radius 2 is 2.00 bits per heavy atom. The van der Waals surface area contributed by atoms with E-state index in [-0.39, 0.29) is 5.78 Å². The average molecular weight is 248 g/mol. The normalized spacial score (nSPS) is 10.6. The second-order valence-electron chi connectivity index (χ2n) is 4.46. The minimum atomic E-state index is -0.0187. The third kappa shape index (κ3) is 2.10. The molecule has 3 heteroatoms. The number of benzene rings is 1. The molecule has 0 amide bonds. The van der Waals surface area contributed by atoms with Gasteiger partial charge >= 0.3 is 0 Å². The molecule has 2 aromatic heterocycles. The highest BCUT2D eigenvalue weighted by Gasteiger charge is 2.12. The molecule has 0 aliphatic heterocycles. The van der Waals surface area contributed by atoms with Crippen molar-refractivity contribution < 1.29 is 4.79 Å². The van der Waals surface area contributed by atoms with Gasteiger partial charge in [0.25, 0.3) is 0 Å². The molecule has 0 N–H and O–H groups in total. The summed E-state index contributed by atoms with van der Waals surface area (Å²) in [7, 11) is 0. The zero-order valence-electron chi connectivity index (χ0n) is 10.5. The number of carbonyl (C=O) groups is 1. The number of carbonyl (C=O) groups excluding carboxylic acids is 1. The minimum absolute atomic E-state index is 0.0187. The van der Waals surface area contributed by atoms with Gasteiger partial charge in [0.2, 0.25) is 0 Å². The highest BCUT2D eigenvalue weighted by molar-refractivity contribution is 6.15. The maximum absolute atomic E-state index is 12.5. The summed E-state index contributed by atoms with van der Waals surface area (Å²) < 4.78 is 0. The maximum Gasteiger partial charge on any atom is 0.195 e. The van der Waals surface area contributed by atoms with Crippen LogP contribution in [0, 0.1) is 6.92 Å². The number of ketones is 1. The number of aromatic nitrogens is 2. The summed E-state index contributed by atoms with van der Waals surface area (Å²) in [5.74, 6) is -0.0187. The molecule has 3 rings (SSSR count). The SMILES string of the molecule is Cc1cncc(C(=O)c2cccc3ncccc23)c1. The molecule has 2 heterocycles. The molecule has 0 bridgehead atoms. The van der Waals surface area contributed by atoms with Crippen molar-refractivity contribution in [2.75, 3.05) is 0 Å². The van der Waals surface area contributed by atoms with E-state index in [1.807, 2.05) is 43.3 Å². The lowest BCUT2D eigenvalue weighted by Crippen LogP contribution is -2.03. The van der Waals surface area contributed by atoms with E-state index in [4.69, 9.17) is 0 Å². The predicted octanol–water partition coefficient (Wildman–Crippen LogP) is 3.17. The van der Waals surface area contributed by atoms with Gasteiger partial charge < -0.3 is 0 Å². The van der Waals surface area contributed by atoms with Crippen molar-refractivity contribution in [2.24, 2.45) is 0 Å². The molecule has 0 aliphatic rings. The predicted molar refractivity (Wildman–Crippen MR) is 74.1 cm³/mol. The average Bonchev–Trinajstić information content (AvgIpc) is 2.46. The quantitative estimate of drug-likeness (QED) is 0.654. The largest absolute Gasteiger partial charge is 0.289 e. The van der Waals surface area contributed by atoms with Gasteiger partial charge in [0.15, 0.2) is 5.78 Å². The summed E-state index contributed by atoms with van der Waals surface area (Å²) in [6, 6.07) is 11.2. The molecule has 0 saturated carbocycles. The van der Waals surface area contributed by atoms with E-state index in [0.29, 0.717) is 11.1 Å². The van der Waals surface area contributed by atoms with Gasteiger partial charge in [0, 0.05) is 35.1 Å². The molecule has 92 valence electrons. The van der Waals surface area contributed by atoms with E-state index in [1.165, 1.54) is 0 Å². The van der Waals surface area contributed by atoms with Gasteiger partial charge in [-0.15, -0.1) is 0 Å². The molecule has 1 aromatic carbocycles. The van der Waals surface area contributed by atoms with Gasteiger partial charge in [-0.3, -0.25) is 14.8 Å². The number of pyridine rings is 2. The number of fused-ring (bicyclic) bond motifs is 1. The lowest BCUT2D eigenvalue weighted by atomic mass is 10.00.